The van der Waals surface area contributed by atoms with Crippen LogP contribution in [0.15, 0.2) is 48.5 Å². The molecule has 0 bridgehead atoms. The van der Waals surface area contributed by atoms with Crippen LogP contribution in [-0.4, -0.2) is 35.3 Å². The Morgan fingerprint density at radius 2 is 1.96 bits per heavy atom. The zero-order chi connectivity index (χ0) is 18.9. The summed E-state index contributed by atoms with van der Waals surface area (Å²) >= 11 is 0. The molecule has 1 unspecified atom stereocenters. The molecule has 0 aromatic heterocycles. The maximum Gasteiger partial charge on any atom is 0.253 e. The molecule has 2 aliphatic rings. The molecule has 1 fully saturated rings. The number of para-hydroxylation sites is 1. The van der Waals surface area contributed by atoms with E-state index in [2.05, 4.69) is 6.07 Å². The quantitative estimate of drug-likeness (QED) is 0.779. The predicted molar refractivity (Wildman–Crippen MR) is 99.7 cm³/mol. The minimum Gasteiger partial charge on any atom is -0.486 e. The Kier molecular flexibility index (Phi) is 4.41. The number of carbonyl (C=O) groups excluding carboxylic acids is 2. The van der Waals surface area contributed by atoms with E-state index in [9.17, 15) is 9.59 Å². The molecule has 2 aliphatic heterocycles. The van der Waals surface area contributed by atoms with Crippen molar-refractivity contribution in [1.82, 2.24) is 4.90 Å². The third-order valence-electron chi connectivity index (χ3n) is 5.42. The first-order valence-electron chi connectivity index (χ1n) is 9.21. The SMILES string of the molecule is N#Cc1cccc(C(=O)N2CCCC3(CC2)CC(=O)c2ccccc2O3)c1. The summed E-state index contributed by atoms with van der Waals surface area (Å²) in [7, 11) is 0. The van der Waals surface area contributed by atoms with Gasteiger partial charge >= 0.3 is 0 Å². The molecule has 0 N–H and O–H groups in total. The second kappa shape index (κ2) is 6.88. The van der Waals surface area contributed by atoms with Gasteiger partial charge in [0.05, 0.1) is 23.6 Å². The average molecular weight is 360 g/mol. The Labute approximate surface area is 158 Å². The van der Waals surface area contributed by atoms with Crippen molar-refractivity contribution < 1.29 is 14.3 Å². The van der Waals surface area contributed by atoms with Crippen LogP contribution < -0.4 is 4.74 Å². The summed E-state index contributed by atoms with van der Waals surface area (Å²) in [6.45, 7) is 1.15. The molecular weight excluding hydrogens is 340 g/mol. The van der Waals surface area contributed by atoms with Gasteiger partial charge in [0.15, 0.2) is 5.78 Å². The van der Waals surface area contributed by atoms with Crippen molar-refractivity contribution in [1.29, 1.82) is 5.26 Å². The van der Waals surface area contributed by atoms with Gasteiger partial charge in [-0.25, -0.2) is 0 Å². The first kappa shape index (κ1) is 17.3. The summed E-state index contributed by atoms with van der Waals surface area (Å²) in [6, 6.07) is 16.2. The Bertz CT molecular complexity index is 947. The second-order valence-corrected chi connectivity index (χ2v) is 7.22. The van der Waals surface area contributed by atoms with Crippen LogP contribution in [0.25, 0.3) is 0 Å². The summed E-state index contributed by atoms with van der Waals surface area (Å²) in [5.41, 5.74) is 1.11. The average Bonchev–Trinajstić information content (AvgIpc) is 2.90. The van der Waals surface area contributed by atoms with Gasteiger partial charge < -0.3 is 9.64 Å². The fourth-order valence-electron chi connectivity index (χ4n) is 4.00. The van der Waals surface area contributed by atoms with Crippen molar-refractivity contribution in [3.05, 3.63) is 65.2 Å². The van der Waals surface area contributed by atoms with Crippen molar-refractivity contribution in [3.63, 3.8) is 0 Å². The van der Waals surface area contributed by atoms with Crippen LogP contribution in [-0.2, 0) is 0 Å². The number of ketones is 1. The Morgan fingerprint density at radius 3 is 2.81 bits per heavy atom. The highest BCUT2D eigenvalue weighted by Crippen LogP contribution is 2.39. The predicted octanol–water partition coefficient (Wildman–Crippen LogP) is 3.59. The highest BCUT2D eigenvalue weighted by atomic mass is 16.5. The molecule has 136 valence electrons. The van der Waals surface area contributed by atoms with Gasteiger partial charge in [-0.1, -0.05) is 18.2 Å². The topological polar surface area (TPSA) is 70.4 Å². The zero-order valence-corrected chi connectivity index (χ0v) is 15.0. The van der Waals surface area contributed by atoms with E-state index in [0.717, 1.165) is 12.8 Å². The number of hydrogen-bond donors (Lipinski definition) is 0. The summed E-state index contributed by atoms with van der Waals surface area (Å²) in [6.07, 6.45) is 2.50. The molecule has 1 atom stereocenters. The lowest BCUT2D eigenvalue weighted by Crippen LogP contribution is -2.43. The number of fused-ring (bicyclic) bond motifs is 1. The van der Waals surface area contributed by atoms with E-state index < -0.39 is 5.60 Å². The van der Waals surface area contributed by atoms with Gasteiger partial charge in [0.1, 0.15) is 11.4 Å². The molecular formula is C22H20N2O3. The number of carbonyl (C=O) groups is 2. The largest absolute Gasteiger partial charge is 0.486 e. The molecule has 1 spiro atoms. The number of likely N-dealkylation sites (tertiary alicyclic amines) is 1. The van der Waals surface area contributed by atoms with E-state index in [0.29, 0.717) is 48.4 Å². The minimum atomic E-state index is -0.533. The maximum absolute atomic E-state index is 12.9. The molecule has 5 heteroatoms. The minimum absolute atomic E-state index is 0.0771. The Hall–Kier alpha value is -3.13. The standard InChI is InChI=1S/C22H20N2O3/c23-15-16-5-3-6-17(13-16)21(26)24-11-4-9-22(10-12-24)14-19(25)18-7-1-2-8-20(18)27-22/h1-3,5-8,13H,4,9-12,14H2. The molecule has 4 rings (SSSR count). The van der Waals surface area contributed by atoms with Crippen molar-refractivity contribution >= 4 is 11.7 Å². The molecule has 0 saturated carbocycles. The van der Waals surface area contributed by atoms with E-state index >= 15 is 0 Å². The van der Waals surface area contributed by atoms with Gasteiger partial charge in [-0.05, 0) is 43.2 Å². The fraction of sp³-hybridized carbons (Fsp3) is 0.318. The molecule has 0 aliphatic carbocycles. The van der Waals surface area contributed by atoms with E-state index in [-0.39, 0.29) is 11.7 Å². The summed E-state index contributed by atoms with van der Waals surface area (Å²) in [5, 5.41) is 9.05. The third-order valence-corrected chi connectivity index (χ3v) is 5.42. The molecule has 2 aromatic carbocycles. The summed E-state index contributed by atoms with van der Waals surface area (Å²) in [5.74, 6) is 0.681. The fourth-order valence-corrected chi connectivity index (χ4v) is 4.00. The Balaban J connectivity index is 1.52. The number of Topliss-reactive ketones (excluding diaryl/α,β-unsaturated/α-hetero) is 1. The van der Waals surface area contributed by atoms with Crippen LogP contribution in [0.1, 0.15) is 52.0 Å². The molecule has 2 aromatic rings. The molecule has 1 amide bonds. The maximum atomic E-state index is 12.9. The number of nitrogens with zero attached hydrogens (tertiary/aromatic N) is 2. The van der Waals surface area contributed by atoms with Crippen molar-refractivity contribution in [2.75, 3.05) is 13.1 Å². The number of ether oxygens (including phenoxy) is 1. The van der Waals surface area contributed by atoms with Crippen LogP contribution in [0.2, 0.25) is 0 Å². The number of hydrogen-bond acceptors (Lipinski definition) is 4. The van der Waals surface area contributed by atoms with Crippen LogP contribution >= 0.6 is 0 Å². The van der Waals surface area contributed by atoms with Gasteiger partial charge in [-0.15, -0.1) is 0 Å². The van der Waals surface area contributed by atoms with E-state index in [4.69, 9.17) is 10.00 Å². The molecule has 2 heterocycles. The molecule has 27 heavy (non-hydrogen) atoms. The molecule has 5 nitrogen and oxygen atoms in total. The van der Waals surface area contributed by atoms with E-state index in [1.165, 1.54) is 0 Å². The van der Waals surface area contributed by atoms with Gasteiger partial charge in [0.2, 0.25) is 0 Å². The number of nitriles is 1. The van der Waals surface area contributed by atoms with Gasteiger partial charge in [0, 0.05) is 25.1 Å². The lowest BCUT2D eigenvalue weighted by atomic mass is 9.84. The molecule has 0 radical (unpaired) electrons. The van der Waals surface area contributed by atoms with Crippen molar-refractivity contribution in [3.8, 4) is 11.8 Å². The lowest BCUT2D eigenvalue weighted by Gasteiger charge is -2.37. The van der Waals surface area contributed by atoms with Crippen molar-refractivity contribution in [2.24, 2.45) is 0 Å². The third kappa shape index (κ3) is 3.31. The zero-order valence-electron chi connectivity index (χ0n) is 15.0. The van der Waals surface area contributed by atoms with Crippen LogP contribution in [0.5, 0.6) is 5.75 Å². The van der Waals surface area contributed by atoms with Crippen LogP contribution in [0.4, 0.5) is 0 Å². The monoisotopic (exact) mass is 360 g/mol. The van der Waals surface area contributed by atoms with Crippen LogP contribution in [0, 0.1) is 11.3 Å². The van der Waals surface area contributed by atoms with Crippen molar-refractivity contribution in [2.45, 2.75) is 31.3 Å². The van der Waals surface area contributed by atoms with Gasteiger partial charge in [0.25, 0.3) is 5.91 Å². The first-order valence-corrected chi connectivity index (χ1v) is 9.21. The van der Waals surface area contributed by atoms with E-state index in [1.807, 2.05) is 18.2 Å². The summed E-state index contributed by atoms with van der Waals surface area (Å²) < 4.78 is 6.28. The highest BCUT2D eigenvalue weighted by molar-refractivity contribution is 6.00. The number of rotatable bonds is 1. The molecule has 1 saturated heterocycles. The van der Waals surface area contributed by atoms with E-state index in [1.54, 1.807) is 35.2 Å². The Morgan fingerprint density at radius 1 is 1.11 bits per heavy atom. The number of benzene rings is 2. The highest BCUT2D eigenvalue weighted by Gasteiger charge is 2.42. The first-order chi connectivity index (χ1) is 13.1. The van der Waals surface area contributed by atoms with Gasteiger partial charge in [-0.3, -0.25) is 9.59 Å². The smallest absolute Gasteiger partial charge is 0.253 e. The van der Waals surface area contributed by atoms with Gasteiger partial charge in [-0.2, -0.15) is 5.26 Å². The lowest BCUT2D eigenvalue weighted by molar-refractivity contribution is 0.0300. The summed E-state index contributed by atoms with van der Waals surface area (Å²) in [4.78, 5) is 27.3. The second-order valence-electron chi connectivity index (χ2n) is 7.22. The van der Waals surface area contributed by atoms with Crippen LogP contribution in [0.3, 0.4) is 0 Å². The number of amides is 1. The normalized spacial score (nSPS) is 21.7.